The molecule has 21 heavy (non-hydrogen) atoms. The fourth-order valence-electron chi connectivity index (χ4n) is 2.18. The van der Waals surface area contributed by atoms with Crippen molar-refractivity contribution in [2.75, 3.05) is 0 Å². The summed E-state index contributed by atoms with van der Waals surface area (Å²) in [6.45, 7) is 2.22. The van der Waals surface area contributed by atoms with Gasteiger partial charge in [0.15, 0.2) is 0 Å². The lowest BCUT2D eigenvalue weighted by Crippen LogP contribution is -2.11. The molecule has 0 radical (unpaired) electrons. The molecule has 0 saturated heterocycles. The zero-order valence-electron chi connectivity index (χ0n) is 12.9. The van der Waals surface area contributed by atoms with Gasteiger partial charge in [-0.15, -0.1) is 0 Å². The Hall–Kier alpha value is -1.58. The van der Waals surface area contributed by atoms with Gasteiger partial charge in [-0.3, -0.25) is 4.79 Å². The molecule has 4 heteroatoms. The van der Waals surface area contributed by atoms with E-state index in [0.717, 1.165) is 19.3 Å². The lowest BCUT2D eigenvalue weighted by atomic mass is 10.1. The second kappa shape index (κ2) is 11.1. The first-order valence-electron chi connectivity index (χ1n) is 8.02. The van der Waals surface area contributed by atoms with Gasteiger partial charge in [0.2, 0.25) is 5.76 Å². The third-order valence-electron chi connectivity index (χ3n) is 3.41. The first-order chi connectivity index (χ1) is 10.2. The number of hydrogen-bond acceptors (Lipinski definition) is 4. The van der Waals surface area contributed by atoms with E-state index in [0.29, 0.717) is 6.42 Å². The molecule has 1 aromatic heterocycles. The molecule has 0 aliphatic carbocycles. The largest absolute Gasteiger partial charge is 0.457 e. The van der Waals surface area contributed by atoms with Crippen molar-refractivity contribution in [2.45, 2.75) is 71.1 Å². The van der Waals surface area contributed by atoms with Crippen LogP contribution in [0.15, 0.2) is 22.8 Å². The van der Waals surface area contributed by atoms with Gasteiger partial charge in [0.1, 0.15) is 0 Å². The first kappa shape index (κ1) is 17.5. The van der Waals surface area contributed by atoms with Gasteiger partial charge in [0, 0.05) is 6.42 Å². The molecule has 0 atom stereocenters. The average Bonchev–Trinajstić information content (AvgIpc) is 3.00. The number of esters is 2. The molecule has 0 unspecified atom stereocenters. The van der Waals surface area contributed by atoms with Crippen LogP contribution in [0.1, 0.15) is 81.7 Å². The van der Waals surface area contributed by atoms with Gasteiger partial charge >= 0.3 is 11.9 Å². The number of rotatable bonds is 11. The molecule has 0 saturated carbocycles. The minimum atomic E-state index is -0.707. The summed E-state index contributed by atoms with van der Waals surface area (Å²) >= 11 is 0. The van der Waals surface area contributed by atoms with E-state index >= 15 is 0 Å². The highest BCUT2D eigenvalue weighted by atomic mass is 16.6. The molecule has 118 valence electrons. The van der Waals surface area contributed by atoms with Crippen LogP contribution in [0.2, 0.25) is 0 Å². The van der Waals surface area contributed by atoms with Gasteiger partial charge < -0.3 is 9.15 Å². The van der Waals surface area contributed by atoms with Crippen molar-refractivity contribution in [1.82, 2.24) is 0 Å². The third-order valence-corrected chi connectivity index (χ3v) is 3.41. The lowest BCUT2D eigenvalue weighted by molar-refractivity contribution is -0.138. The number of unbranched alkanes of at least 4 members (excludes halogenated alkanes) is 8. The lowest BCUT2D eigenvalue weighted by Gasteiger charge is -2.02. The number of furan rings is 1. The van der Waals surface area contributed by atoms with Crippen LogP contribution in [-0.4, -0.2) is 11.9 Å². The maximum Gasteiger partial charge on any atom is 0.381 e. The van der Waals surface area contributed by atoms with E-state index in [1.165, 1.54) is 50.9 Å². The minimum absolute atomic E-state index is 0.0652. The maximum absolute atomic E-state index is 11.5. The predicted octanol–water partition coefficient (Wildman–Crippen LogP) is 4.88. The Bertz CT molecular complexity index is 395. The SMILES string of the molecule is CCCCCCCCCCCC(=O)OC(=O)c1ccco1. The highest BCUT2D eigenvalue weighted by molar-refractivity contribution is 5.94. The minimum Gasteiger partial charge on any atom is -0.457 e. The Morgan fingerprint density at radius 1 is 1.00 bits per heavy atom. The van der Waals surface area contributed by atoms with Crippen molar-refractivity contribution in [3.63, 3.8) is 0 Å². The van der Waals surface area contributed by atoms with Crippen LogP contribution in [0.5, 0.6) is 0 Å². The van der Waals surface area contributed by atoms with Crippen LogP contribution < -0.4 is 0 Å². The normalized spacial score (nSPS) is 10.5. The molecule has 1 rings (SSSR count). The molecule has 0 amide bonds. The molecule has 4 nitrogen and oxygen atoms in total. The number of ether oxygens (including phenoxy) is 1. The fourth-order valence-corrected chi connectivity index (χ4v) is 2.18. The molecular formula is C17H26O4. The van der Waals surface area contributed by atoms with Crippen molar-refractivity contribution in [2.24, 2.45) is 0 Å². The molecule has 0 N–H and O–H groups in total. The summed E-state index contributed by atoms with van der Waals surface area (Å²) in [4.78, 5) is 22.9. The van der Waals surface area contributed by atoms with Crippen LogP contribution in [0.25, 0.3) is 0 Å². The molecule has 0 spiro atoms. The Balaban J connectivity index is 1.95. The molecule has 0 aromatic carbocycles. The summed E-state index contributed by atoms with van der Waals surface area (Å²) in [5.74, 6) is -1.12. The highest BCUT2D eigenvalue weighted by Gasteiger charge is 2.14. The van der Waals surface area contributed by atoms with Gasteiger partial charge in [-0.25, -0.2) is 4.79 Å². The van der Waals surface area contributed by atoms with E-state index in [9.17, 15) is 9.59 Å². The molecule has 0 aliphatic heterocycles. The van der Waals surface area contributed by atoms with Gasteiger partial charge in [0.05, 0.1) is 6.26 Å². The van der Waals surface area contributed by atoms with E-state index in [1.54, 1.807) is 6.07 Å². The van der Waals surface area contributed by atoms with Crippen LogP contribution in [0.4, 0.5) is 0 Å². The Morgan fingerprint density at radius 2 is 1.62 bits per heavy atom. The molecular weight excluding hydrogens is 268 g/mol. The van der Waals surface area contributed by atoms with Crippen molar-refractivity contribution in [3.05, 3.63) is 24.2 Å². The topological polar surface area (TPSA) is 56.5 Å². The van der Waals surface area contributed by atoms with E-state index in [4.69, 9.17) is 9.15 Å². The molecule has 0 aliphatic rings. The molecule has 1 heterocycles. The van der Waals surface area contributed by atoms with Crippen LogP contribution >= 0.6 is 0 Å². The molecule has 0 bridgehead atoms. The van der Waals surface area contributed by atoms with Crippen LogP contribution in [0.3, 0.4) is 0 Å². The first-order valence-corrected chi connectivity index (χ1v) is 8.02. The van der Waals surface area contributed by atoms with Crippen molar-refractivity contribution in [3.8, 4) is 0 Å². The summed E-state index contributed by atoms with van der Waals surface area (Å²) in [5, 5.41) is 0. The summed E-state index contributed by atoms with van der Waals surface area (Å²) in [6.07, 6.45) is 12.4. The Morgan fingerprint density at radius 3 is 2.19 bits per heavy atom. The zero-order chi connectivity index (χ0) is 15.3. The van der Waals surface area contributed by atoms with E-state index < -0.39 is 11.9 Å². The van der Waals surface area contributed by atoms with Gasteiger partial charge in [-0.05, 0) is 18.6 Å². The summed E-state index contributed by atoms with van der Waals surface area (Å²) < 4.78 is 9.56. The van der Waals surface area contributed by atoms with E-state index in [-0.39, 0.29) is 5.76 Å². The Labute approximate surface area is 126 Å². The van der Waals surface area contributed by atoms with Crippen LogP contribution in [0, 0.1) is 0 Å². The standard InChI is InChI=1S/C17H26O4/c1-2-3-4-5-6-7-8-9-10-13-16(18)21-17(19)15-12-11-14-20-15/h11-12,14H,2-10,13H2,1H3. The number of carbonyl (C=O) groups is 2. The second-order valence-corrected chi connectivity index (χ2v) is 5.32. The summed E-state index contributed by atoms with van der Waals surface area (Å²) in [7, 11) is 0. The van der Waals surface area contributed by atoms with Crippen molar-refractivity contribution >= 4 is 11.9 Å². The van der Waals surface area contributed by atoms with E-state index in [1.807, 2.05) is 0 Å². The van der Waals surface area contributed by atoms with Crippen LogP contribution in [-0.2, 0) is 9.53 Å². The molecule has 1 aromatic rings. The summed E-state index contributed by atoms with van der Waals surface area (Å²) in [6, 6.07) is 3.07. The maximum atomic E-state index is 11.5. The predicted molar refractivity (Wildman–Crippen MR) is 81.0 cm³/mol. The monoisotopic (exact) mass is 294 g/mol. The number of carbonyl (C=O) groups excluding carboxylic acids is 2. The van der Waals surface area contributed by atoms with E-state index in [2.05, 4.69) is 6.92 Å². The quantitative estimate of drug-likeness (QED) is 0.331. The molecule has 0 fully saturated rings. The van der Waals surface area contributed by atoms with Gasteiger partial charge in [-0.2, -0.15) is 0 Å². The van der Waals surface area contributed by atoms with Gasteiger partial charge in [-0.1, -0.05) is 58.3 Å². The second-order valence-electron chi connectivity index (χ2n) is 5.32. The highest BCUT2D eigenvalue weighted by Crippen LogP contribution is 2.11. The fraction of sp³-hybridized carbons (Fsp3) is 0.647. The Kier molecular flexibility index (Phi) is 9.25. The zero-order valence-corrected chi connectivity index (χ0v) is 12.9. The van der Waals surface area contributed by atoms with Crippen molar-refractivity contribution in [1.29, 1.82) is 0 Å². The third kappa shape index (κ3) is 8.33. The van der Waals surface area contributed by atoms with Gasteiger partial charge in [0.25, 0.3) is 0 Å². The number of hydrogen-bond donors (Lipinski definition) is 0. The average molecular weight is 294 g/mol. The smallest absolute Gasteiger partial charge is 0.381 e. The summed E-state index contributed by atoms with van der Waals surface area (Å²) in [5.41, 5.74) is 0. The van der Waals surface area contributed by atoms with Crippen molar-refractivity contribution < 1.29 is 18.7 Å².